The van der Waals surface area contributed by atoms with Gasteiger partial charge in [0.15, 0.2) is 0 Å². The number of aromatic nitrogens is 2. The lowest BCUT2D eigenvalue weighted by Gasteiger charge is -2.33. The molecule has 22 heavy (non-hydrogen) atoms. The van der Waals surface area contributed by atoms with Gasteiger partial charge in [0.25, 0.3) is 0 Å². The van der Waals surface area contributed by atoms with Crippen molar-refractivity contribution in [1.29, 1.82) is 0 Å². The van der Waals surface area contributed by atoms with Gasteiger partial charge in [-0.1, -0.05) is 27.7 Å². The van der Waals surface area contributed by atoms with Crippen molar-refractivity contribution in [3.8, 4) is 0 Å². The molecule has 0 bridgehead atoms. The minimum Gasteiger partial charge on any atom is -0.392 e. The van der Waals surface area contributed by atoms with Crippen LogP contribution in [0.3, 0.4) is 0 Å². The van der Waals surface area contributed by atoms with Crippen molar-refractivity contribution in [2.24, 2.45) is 11.3 Å². The molecule has 4 heteroatoms. The van der Waals surface area contributed by atoms with Gasteiger partial charge in [0, 0.05) is 29.8 Å². The van der Waals surface area contributed by atoms with Crippen LogP contribution >= 0.6 is 0 Å². The Hall–Kier alpha value is -0.870. The molecule has 1 heterocycles. The average molecular weight is 309 g/mol. The van der Waals surface area contributed by atoms with Crippen LogP contribution in [0.4, 0.5) is 0 Å². The van der Waals surface area contributed by atoms with Gasteiger partial charge in [-0.3, -0.25) is 4.68 Å². The van der Waals surface area contributed by atoms with Gasteiger partial charge in [0.1, 0.15) is 0 Å². The molecule has 0 saturated carbocycles. The second-order valence-electron chi connectivity index (χ2n) is 8.51. The third-order valence-electron chi connectivity index (χ3n) is 4.39. The van der Waals surface area contributed by atoms with E-state index in [0.717, 1.165) is 18.8 Å². The maximum absolute atomic E-state index is 10.3. The zero-order valence-corrected chi connectivity index (χ0v) is 15.9. The summed E-state index contributed by atoms with van der Waals surface area (Å²) in [6.45, 7) is 20.7. The predicted octanol–water partition coefficient (Wildman–Crippen LogP) is 3.39. The molecule has 1 unspecified atom stereocenters. The molecule has 1 aromatic heterocycles. The lowest BCUT2D eigenvalue weighted by atomic mass is 9.80. The van der Waals surface area contributed by atoms with Crippen LogP contribution < -0.4 is 5.32 Å². The normalized spacial score (nSPS) is 14.7. The molecule has 0 amide bonds. The first-order chi connectivity index (χ1) is 9.88. The molecule has 128 valence electrons. The Morgan fingerprint density at radius 3 is 2.09 bits per heavy atom. The Bertz CT molecular complexity index is 495. The Morgan fingerprint density at radius 1 is 1.14 bits per heavy atom. The van der Waals surface area contributed by atoms with Gasteiger partial charge in [0.05, 0.1) is 17.3 Å². The topological polar surface area (TPSA) is 50.1 Å². The first-order valence-electron chi connectivity index (χ1n) is 8.32. The highest BCUT2D eigenvalue weighted by Gasteiger charge is 2.30. The summed E-state index contributed by atoms with van der Waals surface area (Å²) >= 11 is 0. The summed E-state index contributed by atoms with van der Waals surface area (Å²) in [5.41, 5.74) is 3.43. The summed E-state index contributed by atoms with van der Waals surface area (Å²) in [7, 11) is 0. The van der Waals surface area contributed by atoms with E-state index in [1.54, 1.807) is 0 Å². The molecule has 0 fully saturated rings. The summed E-state index contributed by atoms with van der Waals surface area (Å²) in [4.78, 5) is 0. The van der Waals surface area contributed by atoms with Crippen molar-refractivity contribution >= 4 is 0 Å². The van der Waals surface area contributed by atoms with Crippen molar-refractivity contribution in [1.82, 2.24) is 15.1 Å². The molecule has 2 N–H and O–H groups in total. The first kappa shape index (κ1) is 19.2. The fourth-order valence-electron chi connectivity index (χ4n) is 3.10. The average Bonchev–Trinajstić information content (AvgIpc) is 2.65. The van der Waals surface area contributed by atoms with E-state index in [9.17, 15) is 5.11 Å². The minimum atomic E-state index is -0.306. The van der Waals surface area contributed by atoms with Crippen molar-refractivity contribution < 1.29 is 5.11 Å². The van der Waals surface area contributed by atoms with Crippen molar-refractivity contribution in [2.75, 3.05) is 6.54 Å². The van der Waals surface area contributed by atoms with Gasteiger partial charge in [-0.05, 0) is 40.5 Å². The van der Waals surface area contributed by atoms with Crippen LogP contribution in [0.2, 0.25) is 0 Å². The summed E-state index contributed by atoms with van der Waals surface area (Å²) in [5.74, 6) is 0.268. The van der Waals surface area contributed by atoms with Crippen molar-refractivity contribution in [2.45, 2.75) is 80.5 Å². The smallest absolute Gasteiger partial charge is 0.0641 e. The van der Waals surface area contributed by atoms with Crippen LogP contribution in [0.1, 0.15) is 65.4 Å². The number of hydrogen-bond donors (Lipinski definition) is 2. The number of hydrogen-bond acceptors (Lipinski definition) is 3. The van der Waals surface area contributed by atoms with E-state index in [2.05, 4.69) is 77.4 Å². The van der Waals surface area contributed by atoms with Gasteiger partial charge in [0.2, 0.25) is 0 Å². The maximum Gasteiger partial charge on any atom is 0.0641 e. The highest BCUT2D eigenvalue weighted by atomic mass is 16.3. The van der Waals surface area contributed by atoms with Crippen LogP contribution in [0, 0.1) is 25.2 Å². The SMILES string of the molecule is Cc1nn(C(C)(C)C)c(C)c1CNCC(C)(C)C(O)C(C)C. The number of aryl methyl sites for hydroxylation is 1. The lowest BCUT2D eigenvalue weighted by Crippen LogP contribution is -2.41. The standard InChI is InChI=1S/C18H35N3O/c1-12(2)16(22)18(8,9)11-19-10-15-13(3)20-21(14(15)4)17(5,6)7/h12,16,19,22H,10-11H2,1-9H3. The van der Waals surface area contributed by atoms with E-state index in [-0.39, 0.29) is 23.0 Å². The summed E-state index contributed by atoms with van der Waals surface area (Å²) < 4.78 is 2.10. The second-order valence-corrected chi connectivity index (χ2v) is 8.51. The molecule has 0 aliphatic heterocycles. The third kappa shape index (κ3) is 4.32. The molecule has 0 saturated heterocycles. The van der Waals surface area contributed by atoms with E-state index in [0.29, 0.717) is 0 Å². The molecule has 0 aliphatic rings. The quantitative estimate of drug-likeness (QED) is 0.847. The molecule has 4 nitrogen and oxygen atoms in total. The molecule has 0 spiro atoms. The van der Waals surface area contributed by atoms with E-state index >= 15 is 0 Å². The van der Waals surface area contributed by atoms with E-state index < -0.39 is 0 Å². The Balaban J connectivity index is 2.76. The van der Waals surface area contributed by atoms with Crippen LogP contribution in [0.25, 0.3) is 0 Å². The molecule has 0 radical (unpaired) electrons. The van der Waals surface area contributed by atoms with E-state index in [1.165, 1.54) is 11.3 Å². The first-order valence-corrected chi connectivity index (χ1v) is 8.32. The molecule has 1 atom stereocenters. The zero-order chi connectivity index (χ0) is 17.3. The Labute approximate surface area is 136 Å². The monoisotopic (exact) mass is 309 g/mol. The predicted molar refractivity (Wildman–Crippen MR) is 93.0 cm³/mol. The highest BCUT2D eigenvalue weighted by Crippen LogP contribution is 2.26. The molecule has 0 aliphatic carbocycles. The third-order valence-corrected chi connectivity index (χ3v) is 4.39. The maximum atomic E-state index is 10.3. The van der Waals surface area contributed by atoms with Crippen LogP contribution in [0.15, 0.2) is 0 Å². The minimum absolute atomic E-state index is 0.000199. The van der Waals surface area contributed by atoms with Crippen LogP contribution in [0.5, 0.6) is 0 Å². The Morgan fingerprint density at radius 2 is 1.68 bits per heavy atom. The largest absolute Gasteiger partial charge is 0.392 e. The van der Waals surface area contributed by atoms with Crippen molar-refractivity contribution in [3.63, 3.8) is 0 Å². The summed E-state index contributed by atoms with van der Waals surface area (Å²) in [5, 5.41) is 18.5. The number of aliphatic hydroxyl groups excluding tert-OH is 1. The van der Waals surface area contributed by atoms with Crippen molar-refractivity contribution in [3.05, 3.63) is 17.0 Å². The van der Waals surface area contributed by atoms with E-state index in [4.69, 9.17) is 0 Å². The number of nitrogens with one attached hydrogen (secondary N) is 1. The summed E-state index contributed by atoms with van der Waals surface area (Å²) in [6, 6.07) is 0. The number of aliphatic hydroxyl groups is 1. The second kappa shape index (κ2) is 6.71. The fraction of sp³-hybridized carbons (Fsp3) is 0.833. The van der Waals surface area contributed by atoms with Gasteiger partial charge >= 0.3 is 0 Å². The molecule has 0 aromatic carbocycles. The molecule has 1 aromatic rings. The Kier molecular flexibility index (Phi) is 5.85. The summed E-state index contributed by atoms with van der Waals surface area (Å²) in [6.07, 6.45) is -0.306. The lowest BCUT2D eigenvalue weighted by molar-refractivity contribution is 0.0134. The zero-order valence-electron chi connectivity index (χ0n) is 15.9. The van der Waals surface area contributed by atoms with Gasteiger partial charge in [-0.15, -0.1) is 0 Å². The van der Waals surface area contributed by atoms with Crippen LogP contribution in [-0.2, 0) is 12.1 Å². The number of nitrogens with zero attached hydrogens (tertiary/aromatic N) is 2. The molecular weight excluding hydrogens is 274 g/mol. The number of rotatable bonds is 6. The van der Waals surface area contributed by atoms with Gasteiger partial charge in [-0.2, -0.15) is 5.10 Å². The van der Waals surface area contributed by atoms with Crippen LogP contribution in [-0.4, -0.2) is 27.5 Å². The van der Waals surface area contributed by atoms with E-state index in [1.807, 2.05) is 0 Å². The van der Waals surface area contributed by atoms with Gasteiger partial charge in [-0.25, -0.2) is 0 Å². The van der Waals surface area contributed by atoms with Gasteiger partial charge < -0.3 is 10.4 Å². The molecular formula is C18H35N3O. The fourth-order valence-corrected chi connectivity index (χ4v) is 3.10. The highest BCUT2D eigenvalue weighted by molar-refractivity contribution is 5.25. The molecule has 1 rings (SSSR count).